The minimum Gasteiger partial charge on any atom is -0.487 e. The summed E-state index contributed by atoms with van der Waals surface area (Å²) in [6.07, 6.45) is -7.43. The van der Waals surface area contributed by atoms with Gasteiger partial charge in [-0.2, -0.15) is 0 Å². The van der Waals surface area contributed by atoms with Crippen LogP contribution in [0.4, 0.5) is 5.69 Å². The number of nitrogens with one attached hydrogen (secondary N) is 1. The zero-order valence-corrected chi connectivity index (χ0v) is 50.5. The van der Waals surface area contributed by atoms with E-state index in [1.54, 1.807) is 6.20 Å². The van der Waals surface area contributed by atoms with Crippen molar-refractivity contribution in [3.8, 4) is 17.1 Å². The van der Waals surface area contributed by atoms with Gasteiger partial charge in [0.25, 0.3) is 0 Å². The second kappa shape index (κ2) is 29.8. The highest BCUT2D eigenvalue weighted by atomic mass is 16.8. The number of aliphatic hydroxyl groups is 6. The summed E-state index contributed by atoms with van der Waals surface area (Å²) in [5.74, 6) is 1.56. The first-order valence-corrected chi connectivity index (χ1v) is 31.3. The molecule has 0 spiro atoms. The number of hydrogen-bond acceptors (Lipinski definition) is 28. The van der Waals surface area contributed by atoms with Crippen LogP contribution in [0.25, 0.3) is 22.4 Å². The Kier molecular flexibility index (Phi) is 21.8. The smallest absolute Gasteiger partial charge is 0.187 e. The fraction of sp³-hybridized carbons (Fsp3) is 0.672. The Labute approximate surface area is 519 Å². The van der Waals surface area contributed by atoms with Crippen LogP contribution < -0.4 is 44.0 Å². The molecule has 32 heteroatoms. The van der Waals surface area contributed by atoms with Gasteiger partial charge in [0.1, 0.15) is 91.0 Å². The molecule has 90 heavy (non-hydrogen) atoms. The number of nitrogens with zero attached hydrogens (tertiary/aromatic N) is 12. The topological polar surface area (TPSA) is 469 Å². The first-order chi connectivity index (χ1) is 43.5. The van der Waals surface area contributed by atoms with Crippen LogP contribution >= 0.6 is 0 Å². The molecular weight excluding hydrogens is 1170 g/mol. The number of fused-ring (bicyclic) bond motifs is 1. The summed E-state index contributed by atoms with van der Waals surface area (Å²) < 4.78 is 48.2. The number of H-pyrrole nitrogens is 1. The fourth-order valence-corrected chi connectivity index (χ4v) is 12.3. The molecule has 32 nitrogen and oxygen atoms in total. The minimum atomic E-state index is -1.62. The van der Waals surface area contributed by atoms with Gasteiger partial charge in [0.2, 0.25) is 0 Å². The molecule has 0 amide bonds. The third-order valence-corrected chi connectivity index (χ3v) is 17.8. The van der Waals surface area contributed by atoms with Gasteiger partial charge in [0.05, 0.1) is 53.4 Å². The number of aromatic amines is 1. The molecule has 5 aliphatic rings. The number of benzene rings is 2. The van der Waals surface area contributed by atoms with Crippen molar-refractivity contribution in [2.45, 2.75) is 200 Å². The predicted molar refractivity (Wildman–Crippen MR) is 322 cm³/mol. The molecule has 19 atom stereocenters. The molecule has 0 bridgehead atoms. The number of aromatic nitrogens is 11. The molecule has 4 aromatic heterocycles. The van der Waals surface area contributed by atoms with Crippen LogP contribution in [-0.4, -0.2) is 253 Å². The van der Waals surface area contributed by atoms with Crippen molar-refractivity contribution in [3.05, 3.63) is 78.1 Å². The van der Waals surface area contributed by atoms with Gasteiger partial charge < -0.3 is 113 Å². The van der Waals surface area contributed by atoms with E-state index in [9.17, 15) is 30.6 Å². The van der Waals surface area contributed by atoms with Crippen LogP contribution in [0.1, 0.15) is 62.0 Å². The average molecular weight is 1260 g/mol. The normalized spacial score (nSPS) is 32.7. The Morgan fingerprint density at radius 3 is 1.74 bits per heavy atom. The van der Waals surface area contributed by atoms with Crippen molar-refractivity contribution < 1.29 is 63.8 Å². The molecule has 4 aliphatic heterocycles. The van der Waals surface area contributed by atoms with Crippen molar-refractivity contribution in [1.29, 1.82) is 0 Å². The maximum absolute atomic E-state index is 12.0. The van der Waals surface area contributed by atoms with Gasteiger partial charge >= 0.3 is 0 Å². The van der Waals surface area contributed by atoms with E-state index in [1.165, 1.54) is 10.4 Å². The Hall–Kier alpha value is -5.83. The van der Waals surface area contributed by atoms with Crippen molar-refractivity contribution in [1.82, 2.24) is 59.8 Å². The lowest BCUT2D eigenvalue weighted by atomic mass is 9.84. The Morgan fingerprint density at radius 2 is 1.12 bits per heavy atom. The molecule has 494 valence electrons. The molecule has 1 aliphatic carbocycles. The van der Waals surface area contributed by atoms with Crippen molar-refractivity contribution in [3.63, 3.8) is 0 Å². The lowest BCUT2D eigenvalue weighted by molar-refractivity contribution is -0.306. The van der Waals surface area contributed by atoms with E-state index in [2.05, 4.69) is 71.0 Å². The van der Waals surface area contributed by atoms with E-state index < -0.39 is 116 Å². The van der Waals surface area contributed by atoms with Gasteiger partial charge in [-0.25, -0.2) is 9.67 Å². The minimum absolute atomic E-state index is 0.0373. The molecular formula is C58H89N19O13. The second-order valence-corrected chi connectivity index (χ2v) is 24.5. The molecule has 2 aromatic carbocycles. The highest BCUT2D eigenvalue weighted by Gasteiger charge is 2.55. The van der Waals surface area contributed by atoms with Crippen molar-refractivity contribution in [2.75, 3.05) is 51.2 Å². The van der Waals surface area contributed by atoms with Crippen LogP contribution in [0.3, 0.4) is 0 Å². The van der Waals surface area contributed by atoms with Gasteiger partial charge in [0, 0.05) is 88.1 Å². The van der Waals surface area contributed by atoms with Gasteiger partial charge in [-0.05, 0) is 94.5 Å². The second-order valence-electron chi connectivity index (χ2n) is 24.5. The first-order valence-electron chi connectivity index (χ1n) is 31.3. The van der Waals surface area contributed by atoms with Gasteiger partial charge in [-0.3, -0.25) is 9.36 Å². The van der Waals surface area contributed by atoms with Crippen LogP contribution in [-0.2, 0) is 67.5 Å². The molecule has 5 fully saturated rings. The van der Waals surface area contributed by atoms with E-state index in [-0.39, 0.29) is 26.1 Å². The molecule has 4 saturated heterocycles. The highest BCUT2D eigenvalue weighted by molar-refractivity contribution is 5.83. The zero-order valence-electron chi connectivity index (χ0n) is 50.5. The number of unbranched alkanes of at least 4 members (excludes halogenated alkanes) is 4. The number of imidazole rings is 1. The molecule has 0 radical (unpaired) electrons. The summed E-state index contributed by atoms with van der Waals surface area (Å²) in [7, 11) is 2.16. The Balaban J connectivity index is 0.606. The average Bonchev–Trinajstić information content (AvgIpc) is 1.51. The molecule has 8 heterocycles. The van der Waals surface area contributed by atoms with Crippen molar-refractivity contribution in [2.24, 2.45) is 34.4 Å². The summed E-state index contributed by atoms with van der Waals surface area (Å²) in [6, 6.07) is 10.0. The Bertz CT molecular complexity index is 3180. The molecule has 19 N–H and O–H groups in total. The first kappa shape index (κ1) is 65.7. The summed E-state index contributed by atoms with van der Waals surface area (Å²) in [4.78, 5) is 13.1. The van der Waals surface area contributed by atoms with Crippen LogP contribution in [0.15, 0.2) is 61.1 Å². The number of piperazine rings is 1. The number of aliphatic hydroxyl groups excluding tert-OH is 6. The van der Waals surface area contributed by atoms with E-state index in [0.29, 0.717) is 18.7 Å². The van der Waals surface area contributed by atoms with E-state index in [4.69, 9.17) is 72.5 Å². The third kappa shape index (κ3) is 15.5. The van der Waals surface area contributed by atoms with E-state index in [0.717, 1.165) is 124 Å². The van der Waals surface area contributed by atoms with Crippen molar-refractivity contribution >= 4 is 16.7 Å². The maximum Gasteiger partial charge on any atom is 0.187 e. The lowest BCUT2D eigenvalue weighted by Gasteiger charge is -2.47. The van der Waals surface area contributed by atoms with Gasteiger partial charge in [-0.1, -0.05) is 28.5 Å². The van der Waals surface area contributed by atoms with Crippen LogP contribution in [0.2, 0.25) is 0 Å². The fourth-order valence-electron chi connectivity index (χ4n) is 12.3. The number of aryl methyl sites for hydroxylation is 4. The molecule has 11 rings (SSSR count). The van der Waals surface area contributed by atoms with Gasteiger partial charge in [0.15, 0.2) is 18.9 Å². The largest absolute Gasteiger partial charge is 0.487 e. The van der Waals surface area contributed by atoms with E-state index in [1.807, 2.05) is 46.0 Å². The van der Waals surface area contributed by atoms with E-state index >= 15 is 0 Å². The lowest BCUT2D eigenvalue weighted by Crippen LogP contribution is -2.68. The summed E-state index contributed by atoms with van der Waals surface area (Å²) in [5.41, 5.74) is 43.5. The quantitative estimate of drug-likeness (QED) is 0.0221. The van der Waals surface area contributed by atoms with Crippen LogP contribution in [0, 0.1) is 0 Å². The molecule has 6 aromatic rings. The maximum atomic E-state index is 12.0. The van der Waals surface area contributed by atoms with Crippen LogP contribution in [0.5, 0.6) is 5.75 Å². The predicted octanol–water partition coefficient (Wildman–Crippen LogP) is -3.71. The monoisotopic (exact) mass is 1260 g/mol. The highest BCUT2D eigenvalue weighted by Crippen LogP contribution is 2.36. The standard InChI is InChI=1S/C58H89N19O13/c1-73-18-20-74(21-19-73)35-12-15-39-40(22-35)66-55(65-39)31-10-13-36(14-11-31)84-30-34-28-76(71-69-34)17-7-3-2-6-16-75-26-32(67-70-75)8-4-5-9-33-27-77(72-68-33)29-43-53(89-57-45(64)50(82)48(80)42(25-60)86-57)51(83)58(87-43)90-54-46(78)37(61)23-38(62)52(54)88-56-44(63)49(81)47(79)41(24-59)85-56/h10-15,22,26-28,37-38,41-54,56-58,78-83H,2-9,16-21,23-25,29-30,59-64H2,1H3,(H,65,66)/t37-,38?,41?,42+,43?,44?,45?,46-,47-,48?,49-,50?,51+,52-,53+,54?,56-,57?,58?/m1/s1. The number of rotatable bonds is 27. The number of nitrogens with two attached hydrogens (primary N) is 6. The number of ether oxygens (including phenoxy) is 7. The summed E-state index contributed by atoms with van der Waals surface area (Å²) in [6.45, 7) is 5.59. The molecule has 1 saturated carbocycles. The summed E-state index contributed by atoms with van der Waals surface area (Å²) in [5, 5.41) is 92.1. The number of hydrogen-bond donors (Lipinski definition) is 13. The number of anilines is 1. The SMILES string of the molecule is CN1CCN(c2ccc3nc(-c4ccc(OCc5cn(CCCCCCn6cc(CCCCc7cn(CC8OC(OC9[C@H](O[C@H]%10OC(CN)[C@@H](O)[C@H](O)C%10N)C(N)C[C@@H](N)[C@H]9O)[C@@H](O)[C@H]8OC8O[C@@H](CN)C(O)C(O)C8N)nn7)nn6)nn5)cc4)[nH]c3c2)CC1. The zero-order chi connectivity index (χ0) is 63.2. The molecule has 10 unspecified atom stereocenters. The summed E-state index contributed by atoms with van der Waals surface area (Å²) >= 11 is 0. The third-order valence-electron chi connectivity index (χ3n) is 17.8. The Morgan fingerprint density at radius 1 is 0.567 bits per heavy atom. The number of likely N-dealkylation sites (N-methyl/N-ethyl adjacent to an activating group) is 1. The van der Waals surface area contributed by atoms with Gasteiger partial charge in [-0.15, -0.1) is 15.3 Å².